The standard InChI is InChI=1S/C24H22N2O7/c1-4-21(27)25-18-14-19(31-2)20(13-17(18)24(30)32-3)33-12-8-7-11-26-22(28)15-9-5-6-10-16(15)23(26)29/h1,5-6,9-10,13-14H,7-8,11-12H2,2-3H3,(H,25,27). The van der Waals surface area contributed by atoms with Crippen LogP contribution in [0.15, 0.2) is 36.4 Å². The second kappa shape index (κ2) is 10.3. The number of imide groups is 1. The summed E-state index contributed by atoms with van der Waals surface area (Å²) in [6.45, 7) is 0.494. The minimum Gasteiger partial charge on any atom is -0.493 e. The average Bonchev–Trinajstić information content (AvgIpc) is 3.08. The molecule has 9 nitrogen and oxygen atoms in total. The summed E-state index contributed by atoms with van der Waals surface area (Å²) in [5, 5.41) is 2.42. The molecule has 0 spiro atoms. The highest BCUT2D eigenvalue weighted by Crippen LogP contribution is 2.34. The van der Waals surface area contributed by atoms with Gasteiger partial charge in [0.2, 0.25) is 0 Å². The number of unbranched alkanes of at least 4 members (excludes halogenated alkanes) is 1. The van der Waals surface area contributed by atoms with Crippen LogP contribution in [0.25, 0.3) is 0 Å². The first-order valence-corrected chi connectivity index (χ1v) is 10.1. The van der Waals surface area contributed by atoms with E-state index in [2.05, 4.69) is 5.32 Å². The van der Waals surface area contributed by atoms with Crippen LogP contribution in [0.5, 0.6) is 11.5 Å². The molecule has 170 valence electrons. The number of carbonyl (C=O) groups is 4. The van der Waals surface area contributed by atoms with Crippen LogP contribution in [0.3, 0.4) is 0 Å². The average molecular weight is 450 g/mol. The summed E-state index contributed by atoms with van der Waals surface area (Å²) in [6.07, 6.45) is 6.13. The first kappa shape index (κ1) is 23.3. The molecule has 0 aromatic heterocycles. The summed E-state index contributed by atoms with van der Waals surface area (Å²) in [6, 6.07) is 9.52. The van der Waals surface area contributed by atoms with Gasteiger partial charge in [-0.25, -0.2) is 4.79 Å². The summed E-state index contributed by atoms with van der Waals surface area (Å²) >= 11 is 0. The number of esters is 1. The van der Waals surface area contributed by atoms with E-state index in [1.165, 1.54) is 31.3 Å². The molecule has 1 N–H and O–H groups in total. The summed E-state index contributed by atoms with van der Waals surface area (Å²) < 4.78 is 15.8. The maximum absolute atomic E-state index is 12.4. The lowest BCUT2D eigenvalue weighted by atomic mass is 10.1. The van der Waals surface area contributed by atoms with E-state index >= 15 is 0 Å². The zero-order valence-electron chi connectivity index (χ0n) is 18.2. The molecule has 3 rings (SSSR count). The zero-order valence-corrected chi connectivity index (χ0v) is 18.2. The number of anilines is 1. The van der Waals surface area contributed by atoms with E-state index in [1.807, 2.05) is 5.92 Å². The van der Waals surface area contributed by atoms with Crippen LogP contribution in [-0.4, -0.2) is 56.0 Å². The Hall–Kier alpha value is -4.32. The molecule has 33 heavy (non-hydrogen) atoms. The van der Waals surface area contributed by atoms with Gasteiger partial charge in [-0.1, -0.05) is 12.1 Å². The fraction of sp³-hybridized carbons (Fsp3) is 0.250. The highest BCUT2D eigenvalue weighted by molar-refractivity contribution is 6.21. The molecule has 0 saturated heterocycles. The van der Waals surface area contributed by atoms with Crippen LogP contribution >= 0.6 is 0 Å². The molecule has 2 aromatic carbocycles. The third kappa shape index (κ3) is 4.96. The molecular weight excluding hydrogens is 428 g/mol. The molecule has 0 unspecified atom stereocenters. The van der Waals surface area contributed by atoms with Gasteiger partial charge in [-0.05, 0) is 30.9 Å². The van der Waals surface area contributed by atoms with Crippen molar-refractivity contribution in [3.05, 3.63) is 53.1 Å². The zero-order chi connectivity index (χ0) is 24.0. The van der Waals surface area contributed by atoms with Crippen molar-refractivity contribution in [1.82, 2.24) is 4.90 Å². The Bertz CT molecular complexity index is 1110. The monoisotopic (exact) mass is 450 g/mol. The van der Waals surface area contributed by atoms with Gasteiger partial charge in [0.25, 0.3) is 17.7 Å². The topological polar surface area (TPSA) is 111 Å². The van der Waals surface area contributed by atoms with Gasteiger partial charge in [0.05, 0.1) is 43.2 Å². The fourth-order valence-electron chi connectivity index (χ4n) is 3.37. The van der Waals surface area contributed by atoms with E-state index in [0.717, 1.165) is 0 Å². The van der Waals surface area contributed by atoms with Crippen molar-refractivity contribution in [3.8, 4) is 23.8 Å². The van der Waals surface area contributed by atoms with Gasteiger partial charge >= 0.3 is 5.97 Å². The Morgan fingerprint density at radius 1 is 1.03 bits per heavy atom. The van der Waals surface area contributed by atoms with Crippen molar-refractivity contribution in [2.24, 2.45) is 0 Å². The number of methoxy groups -OCH3 is 2. The first-order chi connectivity index (χ1) is 15.9. The van der Waals surface area contributed by atoms with Crippen molar-refractivity contribution in [2.75, 3.05) is 32.7 Å². The maximum Gasteiger partial charge on any atom is 0.340 e. The molecule has 0 aliphatic carbocycles. The number of ether oxygens (including phenoxy) is 3. The Kier molecular flexibility index (Phi) is 7.31. The molecule has 0 atom stereocenters. The minimum absolute atomic E-state index is 0.0444. The molecule has 1 aliphatic rings. The van der Waals surface area contributed by atoms with Crippen LogP contribution in [-0.2, 0) is 9.53 Å². The van der Waals surface area contributed by atoms with E-state index in [9.17, 15) is 19.2 Å². The second-order valence-corrected chi connectivity index (χ2v) is 7.00. The largest absolute Gasteiger partial charge is 0.493 e. The van der Waals surface area contributed by atoms with Gasteiger partial charge in [-0.15, -0.1) is 6.42 Å². The van der Waals surface area contributed by atoms with E-state index in [4.69, 9.17) is 20.6 Å². The van der Waals surface area contributed by atoms with Gasteiger partial charge in [0, 0.05) is 18.7 Å². The lowest BCUT2D eigenvalue weighted by Crippen LogP contribution is -2.30. The summed E-state index contributed by atoms with van der Waals surface area (Å²) in [5.74, 6) is 0.415. The lowest BCUT2D eigenvalue weighted by Gasteiger charge is -2.16. The third-order valence-corrected chi connectivity index (χ3v) is 5.00. The van der Waals surface area contributed by atoms with Crippen molar-refractivity contribution in [2.45, 2.75) is 12.8 Å². The van der Waals surface area contributed by atoms with Crippen molar-refractivity contribution >= 4 is 29.4 Å². The number of benzene rings is 2. The van der Waals surface area contributed by atoms with Crippen molar-refractivity contribution in [1.29, 1.82) is 0 Å². The molecule has 1 aliphatic heterocycles. The minimum atomic E-state index is -0.732. The van der Waals surface area contributed by atoms with E-state index in [1.54, 1.807) is 24.3 Å². The second-order valence-electron chi connectivity index (χ2n) is 7.00. The number of rotatable bonds is 9. The Morgan fingerprint density at radius 2 is 1.70 bits per heavy atom. The van der Waals surface area contributed by atoms with Gasteiger partial charge in [0.1, 0.15) is 0 Å². The Labute approximate surface area is 190 Å². The van der Waals surface area contributed by atoms with Gasteiger partial charge < -0.3 is 19.5 Å². The number of nitrogens with one attached hydrogen (secondary N) is 1. The van der Waals surface area contributed by atoms with Gasteiger partial charge in [0.15, 0.2) is 11.5 Å². The molecule has 2 aromatic rings. The van der Waals surface area contributed by atoms with Crippen LogP contribution in [0.2, 0.25) is 0 Å². The van der Waals surface area contributed by atoms with E-state index < -0.39 is 11.9 Å². The first-order valence-electron chi connectivity index (χ1n) is 10.1. The van der Waals surface area contributed by atoms with E-state index in [-0.39, 0.29) is 47.7 Å². The van der Waals surface area contributed by atoms with E-state index in [0.29, 0.717) is 24.0 Å². The summed E-state index contributed by atoms with van der Waals surface area (Å²) in [7, 11) is 2.62. The molecule has 9 heteroatoms. The Balaban J connectivity index is 1.62. The number of amides is 3. The molecule has 0 saturated carbocycles. The fourth-order valence-corrected chi connectivity index (χ4v) is 3.37. The van der Waals surface area contributed by atoms with Crippen molar-refractivity contribution in [3.63, 3.8) is 0 Å². The van der Waals surface area contributed by atoms with Crippen LogP contribution in [0.4, 0.5) is 5.69 Å². The predicted octanol–water partition coefficient (Wildman–Crippen LogP) is 2.51. The smallest absolute Gasteiger partial charge is 0.340 e. The molecule has 0 bridgehead atoms. The molecule has 1 heterocycles. The normalized spacial score (nSPS) is 12.1. The Morgan fingerprint density at radius 3 is 2.27 bits per heavy atom. The lowest BCUT2D eigenvalue weighted by molar-refractivity contribution is -0.111. The number of hydrogen-bond donors (Lipinski definition) is 1. The van der Waals surface area contributed by atoms with Crippen molar-refractivity contribution < 1.29 is 33.4 Å². The van der Waals surface area contributed by atoms with Crippen LogP contribution in [0.1, 0.15) is 43.9 Å². The van der Waals surface area contributed by atoms with Crippen LogP contribution < -0.4 is 14.8 Å². The summed E-state index contributed by atoms with van der Waals surface area (Å²) in [4.78, 5) is 49.8. The number of carbonyl (C=O) groups excluding carboxylic acids is 4. The van der Waals surface area contributed by atoms with Gasteiger partial charge in [-0.2, -0.15) is 0 Å². The number of hydrogen-bond acceptors (Lipinski definition) is 7. The molecule has 0 radical (unpaired) electrons. The number of terminal acetylenes is 1. The highest BCUT2D eigenvalue weighted by atomic mass is 16.5. The molecule has 3 amide bonds. The third-order valence-electron chi connectivity index (χ3n) is 5.00. The predicted molar refractivity (Wildman–Crippen MR) is 118 cm³/mol. The molecule has 0 fully saturated rings. The molecular formula is C24H22N2O7. The summed E-state index contributed by atoms with van der Waals surface area (Å²) in [5.41, 5.74) is 0.995. The number of nitrogens with zero attached hydrogens (tertiary/aromatic N) is 1. The maximum atomic E-state index is 12.4. The quantitative estimate of drug-likeness (QED) is 0.270. The SMILES string of the molecule is C#CC(=O)Nc1cc(OC)c(OCCCCN2C(=O)c3ccccc3C2=O)cc1C(=O)OC. The highest BCUT2D eigenvalue weighted by Gasteiger charge is 2.34. The van der Waals surface area contributed by atoms with Gasteiger partial charge in [-0.3, -0.25) is 19.3 Å². The number of fused-ring (bicyclic) bond motifs is 1. The van der Waals surface area contributed by atoms with Crippen LogP contribution in [0, 0.1) is 12.3 Å².